The second-order valence-electron chi connectivity index (χ2n) is 6.71. The second kappa shape index (κ2) is 7.87. The summed E-state index contributed by atoms with van der Waals surface area (Å²) in [5.41, 5.74) is 0.569. The van der Waals surface area contributed by atoms with Gasteiger partial charge < -0.3 is 15.2 Å². The van der Waals surface area contributed by atoms with Gasteiger partial charge in [-0.05, 0) is 37.5 Å². The first-order chi connectivity index (χ1) is 12.4. The molecule has 1 aliphatic carbocycles. The highest BCUT2D eigenvalue weighted by molar-refractivity contribution is 6.42. The van der Waals surface area contributed by atoms with Gasteiger partial charge in [-0.15, -0.1) is 0 Å². The minimum Gasteiger partial charge on any atom is -0.479 e. The molecule has 2 aromatic rings. The average Bonchev–Trinajstić information content (AvgIpc) is 3.44. The van der Waals surface area contributed by atoms with Crippen LogP contribution in [0.5, 0.6) is 5.75 Å². The summed E-state index contributed by atoms with van der Waals surface area (Å²) < 4.78 is 5.63. The summed E-state index contributed by atoms with van der Waals surface area (Å²) >= 11 is 12.0. The van der Waals surface area contributed by atoms with Gasteiger partial charge in [0.2, 0.25) is 0 Å². The SMILES string of the molecule is C[C@@H](Oc1cccc(Cl)c1Cl)C(=O)NCC1([C@@H](O)c2ccccc2)CC1. The molecule has 0 spiro atoms. The largest absolute Gasteiger partial charge is 0.479 e. The molecule has 1 saturated carbocycles. The fourth-order valence-electron chi connectivity index (χ4n) is 2.92. The van der Waals surface area contributed by atoms with Crippen LogP contribution in [0.4, 0.5) is 0 Å². The molecule has 1 fully saturated rings. The molecule has 1 amide bonds. The topological polar surface area (TPSA) is 58.6 Å². The lowest BCUT2D eigenvalue weighted by Crippen LogP contribution is -2.40. The summed E-state index contributed by atoms with van der Waals surface area (Å²) in [7, 11) is 0. The number of carbonyl (C=O) groups excluding carboxylic acids is 1. The van der Waals surface area contributed by atoms with Crippen molar-refractivity contribution < 1.29 is 14.6 Å². The third kappa shape index (κ3) is 4.14. The van der Waals surface area contributed by atoms with E-state index in [1.807, 2.05) is 30.3 Å². The highest BCUT2D eigenvalue weighted by Gasteiger charge is 2.49. The van der Waals surface area contributed by atoms with Crippen molar-refractivity contribution in [2.75, 3.05) is 6.54 Å². The Morgan fingerprint density at radius 2 is 1.88 bits per heavy atom. The molecular weight excluding hydrogens is 373 g/mol. The number of carbonyl (C=O) groups is 1. The number of amides is 1. The second-order valence-corrected chi connectivity index (χ2v) is 7.49. The lowest BCUT2D eigenvalue weighted by atomic mass is 9.92. The zero-order chi connectivity index (χ0) is 18.7. The molecule has 4 nitrogen and oxygen atoms in total. The fourth-order valence-corrected chi connectivity index (χ4v) is 3.26. The number of ether oxygens (including phenoxy) is 1. The lowest BCUT2D eigenvalue weighted by molar-refractivity contribution is -0.127. The van der Waals surface area contributed by atoms with Crippen LogP contribution in [0.15, 0.2) is 48.5 Å². The Kier molecular flexibility index (Phi) is 5.76. The average molecular weight is 394 g/mol. The molecule has 2 atom stereocenters. The van der Waals surface area contributed by atoms with E-state index in [0.29, 0.717) is 17.3 Å². The van der Waals surface area contributed by atoms with Crippen LogP contribution in [0.2, 0.25) is 10.0 Å². The van der Waals surface area contributed by atoms with Gasteiger partial charge in [-0.1, -0.05) is 59.6 Å². The van der Waals surface area contributed by atoms with E-state index < -0.39 is 12.2 Å². The van der Waals surface area contributed by atoms with Crippen LogP contribution in [-0.2, 0) is 4.79 Å². The summed E-state index contributed by atoms with van der Waals surface area (Å²) in [6.07, 6.45) is 0.426. The van der Waals surface area contributed by atoms with Gasteiger partial charge in [-0.3, -0.25) is 4.79 Å². The molecule has 2 N–H and O–H groups in total. The summed E-state index contributed by atoms with van der Waals surface area (Å²) in [6.45, 7) is 2.05. The van der Waals surface area contributed by atoms with E-state index in [2.05, 4.69) is 5.32 Å². The van der Waals surface area contributed by atoms with Gasteiger partial charge >= 0.3 is 0 Å². The molecule has 26 heavy (non-hydrogen) atoms. The van der Waals surface area contributed by atoms with Crippen LogP contribution in [-0.4, -0.2) is 23.7 Å². The first-order valence-electron chi connectivity index (χ1n) is 8.54. The minimum absolute atomic E-state index is 0.257. The van der Waals surface area contributed by atoms with Gasteiger partial charge in [-0.25, -0.2) is 0 Å². The molecule has 0 radical (unpaired) electrons. The molecule has 0 saturated heterocycles. The molecule has 1 aliphatic rings. The summed E-state index contributed by atoms with van der Waals surface area (Å²) in [6, 6.07) is 14.6. The van der Waals surface area contributed by atoms with E-state index in [9.17, 15) is 9.90 Å². The third-order valence-electron chi connectivity index (χ3n) is 4.79. The molecular formula is C20H21Cl2NO3. The lowest BCUT2D eigenvalue weighted by Gasteiger charge is -2.24. The van der Waals surface area contributed by atoms with E-state index in [1.165, 1.54) is 0 Å². The number of halogens is 2. The van der Waals surface area contributed by atoms with Crippen molar-refractivity contribution in [3.8, 4) is 5.75 Å². The fraction of sp³-hybridized carbons (Fsp3) is 0.350. The molecule has 0 aromatic heterocycles. The Hall–Kier alpha value is -1.75. The van der Waals surface area contributed by atoms with E-state index in [4.69, 9.17) is 27.9 Å². The Bertz CT molecular complexity index is 778. The van der Waals surface area contributed by atoms with Gasteiger partial charge in [0.25, 0.3) is 5.91 Å². The van der Waals surface area contributed by atoms with Crippen molar-refractivity contribution in [3.63, 3.8) is 0 Å². The zero-order valence-electron chi connectivity index (χ0n) is 14.4. The molecule has 0 heterocycles. The first-order valence-corrected chi connectivity index (χ1v) is 9.30. The molecule has 6 heteroatoms. The third-order valence-corrected chi connectivity index (χ3v) is 5.59. The molecule has 0 aliphatic heterocycles. The molecule has 2 aromatic carbocycles. The number of rotatable bonds is 7. The minimum atomic E-state index is -0.726. The van der Waals surface area contributed by atoms with Gasteiger partial charge in [0.05, 0.1) is 11.1 Å². The number of aliphatic hydroxyl groups is 1. The summed E-state index contributed by atoms with van der Waals surface area (Å²) in [5.74, 6) is 0.111. The molecule has 138 valence electrons. The maximum Gasteiger partial charge on any atom is 0.260 e. The van der Waals surface area contributed by atoms with Crippen molar-refractivity contribution in [1.29, 1.82) is 0 Å². The maximum absolute atomic E-state index is 12.4. The number of aliphatic hydroxyl groups excluding tert-OH is 1. The van der Waals surface area contributed by atoms with Crippen molar-refractivity contribution in [2.45, 2.75) is 32.0 Å². The standard InChI is InChI=1S/C20H21Cl2NO3/c1-13(26-16-9-5-8-15(21)17(16)22)19(25)23-12-20(10-11-20)18(24)14-6-3-2-4-7-14/h2-9,13,18,24H,10-12H2,1H3,(H,23,25)/t13-,18+/m1/s1. The molecule has 0 bridgehead atoms. The van der Waals surface area contributed by atoms with Crippen LogP contribution < -0.4 is 10.1 Å². The van der Waals surface area contributed by atoms with Crippen molar-refractivity contribution in [3.05, 3.63) is 64.1 Å². The quantitative estimate of drug-likeness (QED) is 0.732. The van der Waals surface area contributed by atoms with E-state index in [0.717, 1.165) is 18.4 Å². The van der Waals surface area contributed by atoms with Gasteiger partial charge in [0, 0.05) is 12.0 Å². The number of nitrogens with one attached hydrogen (secondary N) is 1. The summed E-state index contributed by atoms with van der Waals surface area (Å²) in [5, 5.41) is 14.2. The Labute approximate surface area is 163 Å². The van der Waals surface area contributed by atoms with E-state index in [-0.39, 0.29) is 16.3 Å². The van der Waals surface area contributed by atoms with Crippen LogP contribution in [0.1, 0.15) is 31.4 Å². The highest BCUT2D eigenvalue weighted by Crippen LogP contribution is 2.54. The van der Waals surface area contributed by atoms with Crippen LogP contribution >= 0.6 is 23.2 Å². The van der Waals surface area contributed by atoms with Crippen LogP contribution in [0.3, 0.4) is 0 Å². The highest BCUT2D eigenvalue weighted by atomic mass is 35.5. The van der Waals surface area contributed by atoms with Crippen LogP contribution in [0, 0.1) is 5.41 Å². The number of hydrogen-bond acceptors (Lipinski definition) is 3. The number of hydrogen-bond donors (Lipinski definition) is 2. The molecule has 0 unspecified atom stereocenters. The van der Waals surface area contributed by atoms with Crippen molar-refractivity contribution in [2.24, 2.45) is 5.41 Å². The predicted octanol–water partition coefficient (Wildman–Crippen LogP) is 4.39. The Morgan fingerprint density at radius 3 is 2.54 bits per heavy atom. The summed E-state index contributed by atoms with van der Waals surface area (Å²) in [4.78, 5) is 12.4. The normalized spacial score (nSPS) is 17.2. The Balaban J connectivity index is 1.57. The molecule has 3 rings (SSSR count). The number of benzene rings is 2. The smallest absolute Gasteiger partial charge is 0.260 e. The first kappa shape index (κ1) is 19.0. The zero-order valence-corrected chi connectivity index (χ0v) is 15.9. The van der Waals surface area contributed by atoms with E-state index >= 15 is 0 Å². The monoisotopic (exact) mass is 393 g/mol. The Morgan fingerprint density at radius 1 is 1.19 bits per heavy atom. The predicted molar refractivity (Wildman–Crippen MR) is 103 cm³/mol. The van der Waals surface area contributed by atoms with Gasteiger partial charge in [0.15, 0.2) is 6.10 Å². The van der Waals surface area contributed by atoms with E-state index in [1.54, 1.807) is 25.1 Å². The van der Waals surface area contributed by atoms with Crippen molar-refractivity contribution >= 4 is 29.1 Å². The van der Waals surface area contributed by atoms with Crippen molar-refractivity contribution in [1.82, 2.24) is 5.32 Å². The van der Waals surface area contributed by atoms with Crippen LogP contribution in [0.25, 0.3) is 0 Å². The van der Waals surface area contributed by atoms with Gasteiger partial charge in [0.1, 0.15) is 10.8 Å². The van der Waals surface area contributed by atoms with Gasteiger partial charge in [-0.2, -0.15) is 0 Å². The maximum atomic E-state index is 12.4.